The van der Waals surface area contributed by atoms with Gasteiger partial charge in [0.05, 0.1) is 9.37 Å². The van der Waals surface area contributed by atoms with Crippen LogP contribution in [-0.2, 0) is 10.0 Å². The number of benzene rings is 3. The molecule has 0 aliphatic heterocycles. The van der Waals surface area contributed by atoms with E-state index >= 15 is 0 Å². The Bertz CT molecular complexity index is 1080. The zero-order chi connectivity index (χ0) is 19.4. The van der Waals surface area contributed by atoms with Gasteiger partial charge in [0.15, 0.2) is 5.84 Å². The van der Waals surface area contributed by atoms with Gasteiger partial charge in [-0.15, -0.1) is 4.40 Å². The van der Waals surface area contributed by atoms with Gasteiger partial charge < -0.3 is 10.4 Å². The molecule has 0 fully saturated rings. The fourth-order valence-electron chi connectivity index (χ4n) is 2.35. The molecule has 0 bridgehead atoms. The summed E-state index contributed by atoms with van der Waals surface area (Å²) in [7, 11) is -3.90. The zero-order valence-electron chi connectivity index (χ0n) is 14.4. The van der Waals surface area contributed by atoms with E-state index in [1.807, 2.05) is 13.0 Å². The molecule has 3 rings (SSSR count). The Morgan fingerprint density at radius 1 is 1.00 bits per heavy atom. The predicted octanol–water partition coefficient (Wildman–Crippen LogP) is 4.71. The molecule has 0 aliphatic carbocycles. The van der Waals surface area contributed by atoms with Crippen molar-refractivity contribution >= 4 is 37.5 Å². The molecule has 0 saturated carbocycles. The van der Waals surface area contributed by atoms with Gasteiger partial charge in [-0.25, -0.2) is 0 Å². The Morgan fingerprint density at radius 3 is 2.30 bits per heavy atom. The van der Waals surface area contributed by atoms with Crippen molar-refractivity contribution in [1.29, 1.82) is 0 Å². The summed E-state index contributed by atoms with van der Waals surface area (Å²) in [6.07, 6.45) is 0. The van der Waals surface area contributed by atoms with Crippen LogP contribution in [0, 0.1) is 6.92 Å². The van der Waals surface area contributed by atoms with Gasteiger partial charge in [0.25, 0.3) is 10.0 Å². The summed E-state index contributed by atoms with van der Waals surface area (Å²) in [6.45, 7) is 1.89. The van der Waals surface area contributed by atoms with Gasteiger partial charge in [0.2, 0.25) is 0 Å². The topological polar surface area (TPSA) is 78.8 Å². The smallest absolute Gasteiger partial charge is 0.284 e. The molecular weight excluding hydrogens is 428 g/mol. The fourth-order valence-corrected chi connectivity index (χ4v) is 3.70. The number of aromatic hydroxyl groups is 1. The first-order valence-corrected chi connectivity index (χ1v) is 10.3. The van der Waals surface area contributed by atoms with E-state index < -0.39 is 10.0 Å². The predicted molar refractivity (Wildman–Crippen MR) is 111 cm³/mol. The van der Waals surface area contributed by atoms with Crippen LogP contribution in [0.25, 0.3) is 0 Å². The molecule has 0 saturated heterocycles. The van der Waals surface area contributed by atoms with Crippen LogP contribution in [0.1, 0.15) is 11.1 Å². The highest BCUT2D eigenvalue weighted by Crippen LogP contribution is 2.27. The van der Waals surface area contributed by atoms with E-state index in [0.717, 1.165) is 5.56 Å². The lowest BCUT2D eigenvalue weighted by molar-refractivity contribution is 0.472. The summed E-state index contributed by atoms with van der Waals surface area (Å²) in [5.41, 5.74) is 2.17. The summed E-state index contributed by atoms with van der Waals surface area (Å²) in [6, 6.07) is 20.3. The molecule has 0 amide bonds. The minimum absolute atomic E-state index is 0.0889. The van der Waals surface area contributed by atoms with Crippen molar-refractivity contribution in [3.8, 4) is 5.75 Å². The van der Waals surface area contributed by atoms with Gasteiger partial charge in [0, 0.05) is 11.3 Å². The molecule has 0 aliphatic rings. The molecule has 2 N–H and O–H groups in total. The maximum absolute atomic E-state index is 12.8. The molecule has 0 aromatic heterocycles. The van der Waals surface area contributed by atoms with Crippen LogP contribution in [0.15, 0.2) is 86.6 Å². The number of phenolic OH excluding ortho intramolecular Hbond substituents is 1. The van der Waals surface area contributed by atoms with E-state index in [2.05, 4.69) is 25.6 Å². The molecular formula is C20H17BrN2O3S. The van der Waals surface area contributed by atoms with Crippen LogP contribution >= 0.6 is 15.9 Å². The second-order valence-electron chi connectivity index (χ2n) is 5.89. The summed E-state index contributed by atoms with van der Waals surface area (Å²) in [4.78, 5) is 0.121. The first kappa shape index (κ1) is 19.1. The van der Waals surface area contributed by atoms with Gasteiger partial charge in [-0.3, -0.25) is 0 Å². The highest BCUT2D eigenvalue weighted by Gasteiger charge is 2.16. The van der Waals surface area contributed by atoms with E-state index in [-0.39, 0.29) is 16.5 Å². The Kier molecular flexibility index (Phi) is 5.62. The van der Waals surface area contributed by atoms with Crippen LogP contribution in [0.2, 0.25) is 0 Å². The third kappa shape index (κ3) is 4.75. The molecule has 0 unspecified atom stereocenters. The van der Waals surface area contributed by atoms with Crippen LogP contribution < -0.4 is 5.32 Å². The number of amidine groups is 1. The number of sulfonamides is 1. The van der Waals surface area contributed by atoms with E-state index in [0.29, 0.717) is 15.7 Å². The Morgan fingerprint density at radius 2 is 1.67 bits per heavy atom. The van der Waals surface area contributed by atoms with E-state index in [4.69, 9.17) is 0 Å². The second kappa shape index (κ2) is 7.94. The van der Waals surface area contributed by atoms with Gasteiger partial charge >= 0.3 is 0 Å². The highest BCUT2D eigenvalue weighted by molar-refractivity contribution is 9.10. The number of rotatable bonds is 4. The highest BCUT2D eigenvalue weighted by atomic mass is 79.9. The van der Waals surface area contributed by atoms with Crippen molar-refractivity contribution in [2.45, 2.75) is 11.8 Å². The van der Waals surface area contributed by atoms with Crippen LogP contribution in [0.4, 0.5) is 5.69 Å². The molecule has 3 aromatic rings. The van der Waals surface area contributed by atoms with Gasteiger partial charge in [-0.2, -0.15) is 8.42 Å². The van der Waals surface area contributed by atoms with Crippen molar-refractivity contribution < 1.29 is 13.5 Å². The molecule has 0 spiro atoms. The summed E-state index contributed by atoms with van der Waals surface area (Å²) >= 11 is 3.25. The number of nitrogens with one attached hydrogen (secondary N) is 1. The molecule has 0 heterocycles. The van der Waals surface area contributed by atoms with Crippen molar-refractivity contribution in [1.82, 2.24) is 0 Å². The SMILES string of the molecule is Cc1ccc(S(=O)(=O)N=C(Nc2ccc(O)c(Br)c2)c2ccccc2)cc1. The first-order valence-electron chi connectivity index (χ1n) is 8.08. The fraction of sp³-hybridized carbons (Fsp3) is 0.0500. The molecule has 0 atom stereocenters. The summed E-state index contributed by atoms with van der Waals surface area (Å²) in [5.74, 6) is 0.278. The second-order valence-corrected chi connectivity index (χ2v) is 8.34. The van der Waals surface area contributed by atoms with Crippen LogP contribution in [-0.4, -0.2) is 19.4 Å². The van der Waals surface area contributed by atoms with Gasteiger partial charge in [0.1, 0.15) is 5.75 Å². The largest absolute Gasteiger partial charge is 0.507 e. The average molecular weight is 445 g/mol. The van der Waals surface area contributed by atoms with Crippen molar-refractivity contribution in [2.75, 3.05) is 5.32 Å². The number of phenols is 1. The third-order valence-corrected chi connectivity index (χ3v) is 5.71. The minimum Gasteiger partial charge on any atom is -0.507 e. The first-order chi connectivity index (χ1) is 12.8. The number of hydrogen-bond acceptors (Lipinski definition) is 3. The number of halogens is 1. The van der Waals surface area contributed by atoms with Crippen molar-refractivity contribution in [3.05, 3.63) is 88.4 Å². The molecule has 0 radical (unpaired) electrons. The Hall–Kier alpha value is -2.64. The molecule has 7 heteroatoms. The van der Waals surface area contributed by atoms with Crippen LogP contribution in [0.5, 0.6) is 5.75 Å². The lowest BCUT2D eigenvalue weighted by atomic mass is 10.2. The van der Waals surface area contributed by atoms with Gasteiger partial charge in [-0.1, -0.05) is 48.0 Å². The molecule has 27 heavy (non-hydrogen) atoms. The average Bonchev–Trinajstić information content (AvgIpc) is 2.65. The number of anilines is 1. The van der Waals surface area contributed by atoms with Crippen LogP contribution in [0.3, 0.4) is 0 Å². The van der Waals surface area contributed by atoms with E-state index in [1.54, 1.807) is 48.5 Å². The van der Waals surface area contributed by atoms with Crippen molar-refractivity contribution in [2.24, 2.45) is 4.40 Å². The quantitative estimate of drug-likeness (QED) is 0.346. The lowest BCUT2D eigenvalue weighted by Gasteiger charge is -2.11. The normalized spacial score (nSPS) is 12.0. The maximum atomic E-state index is 12.8. The Balaban J connectivity index is 2.05. The minimum atomic E-state index is -3.90. The van der Waals surface area contributed by atoms with Crippen molar-refractivity contribution in [3.63, 3.8) is 0 Å². The standard InChI is InChI=1S/C20H17BrN2O3S/c1-14-7-10-17(11-8-14)27(25,26)23-20(15-5-3-2-4-6-15)22-16-9-12-19(24)18(21)13-16/h2-13,24H,1H3,(H,22,23). The van der Waals surface area contributed by atoms with E-state index in [1.165, 1.54) is 18.2 Å². The summed E-state index contributed by atoms with van der Waals surface area (Å²) in [5, 5.41) is 12.7. The monoisotopic (exact) mass is 444 g/mol. The third-order valence-electron chi connectivity index (χ3n) is 3.79. The summed E-state index contributed by atoms with van der Waals surface area (Å²) < 4.78 is 30.0. The molecule has 5 nitrogen and oxygen atoms in total. The molecule has 3 aromatic carbocycles. The zero-order valence-corrected chi connectivity index (χ0v) is 16.8. The van der Waals surface area contributed by atoms with E-state index in [9.17, 15) is 13.5 Å². The van der Waals surface area contributed by atoms with Gasteiger partial charge in [-0.05, 0) is 53.2 Å². The number of hydrogen-bond donors (Lipinski definition) is 2. The maximum Gasteiger partial charge on any atom is 0.284 e. The lowest BCUT2D eigenvalue weighted by Crippen LogP contribution is -2.16. The molecule has 138 valence electrons. The number of nitrogens with zero attached hydrogens (tertiary/aromatic N) is 1. The number of aryl methyl sites for hydroxylation is 1. The Labute approximate surface area is 166 Å².